The fourth-order valence-electron chi connectivity index (χ4n) is 1.34. The van der Waals surface area contributed by atoms with Crippen LogP contribution in [0.2, 0.25) is 0 Å². The highest BCUT2D eigenvalue weighted by Gasteiger charge is 2.20. The average molecular weight is 222 g/mol. The number of hydrogen-bond donors (Lipinski definition) is 1. The number of carbonyl (C=O) groups is 2. The summed E-state index contributed by atoms with van der Waals surface area (Å²) in [4.78, 5) is 26.2. The summed E-state index contributed by atoms with van der Waals surface area (Å²) in [5.74, 6) is -0.712. The zero-order chi connectivity index (χ0) is 12.0. The van der Waals surface area contributed by atoms with E-state index in [4.69, 9.17) is 0 Å². The molecule has 0 aliphatic rings. The Labute approximate surface area is 93.8 Å². The summed E-state index contributed by atoms with van der Waals surface area (Å²) in [6.07, 6.45) is 3.67. The lowest BCUT2D eigenvalue weighted by Crippen LogP contribution is -2.41. The summed E-state index contributed by atoms with van der Waals surface area (Å²) in [6.45, 7) is 1.36. The predicted octanol–water partition coefficient (Wildman–Crippen LogP) is 0.302. The number of esters is 1. The lowest BCUT2D eigenvalue weighted by atomic mass is 10.1. The molecule has 1 atom stereocenters. The molecular weight excluding hydrogens is 208 g/mol. The van der Waals surface area contributed by atoms with Crippen LogP contribution in [0.3, 0.4) is 0 Å². The third kappa shape index (κ3) is 3.68. The fourth-order valence-corrected chi connectivity index (χ4v) is 1.34. The minimum Gasteiger partial charge on any atom is -0.467 e. The van der Waals surface area contributed by atoms with E-state index in [2.05, 4.69) is 15.0 Å². The molecule has 1 heterocycles. The van der Waals surface area contributed by atoms with Crippen LogP contribution in [0, 0.1) is 0 Å². The van der Waals surface area contributed by atoms with Crippen LogP contribution in [0.1, 0.15) is 12.5 Å². The van der Waals surface area contributed by atoms with Crippen LogP contribution < -0.4 is 5.32 Å². The standard InChI is InChI=1S/C11H14N2O3/c1-8(14)13-10(11(15)16-2)7-9-3-5-12-6-4-9/h3-6,10H,7H2,1-2H3,(H,13,14)/t10-/m0/s1. The van der Waals surface area contributed by atoms with Crippen molar-refractivity contribution in [3.63, 3.8) is 0 Å². The Kier molecular flexibility index (Phi) is 4.44. The van der Waals surface area contributed by atoms with E-state index in [1.807, 2.05) is 0 Å². The van der Waals surface area contributed by atoms with Crippen molar-refractivity contribution in [3.8, 4) is 0 Å². The van der Waals surface area contributed by atoms with Crippen molar-refractivity contribution in [2.24, 2.45) is 0 Å². The largest absolute Gasteiger partial charge is 0.467 e. The van der Waals surface area contributed by atoms with Gasteiger partial charge in [0.15, 0.2) is 0 Å². The van der Waals surface area contributed by atoms with Crippen molar-refractivity contribution in [1.29, 1.82) is 0 Å². The molecule has 0 fully saturated rings. The molecule has 1 amide bonds. The molecule has 1 aromatic rings. The third-order valence-electron chi connectivity index (χ3n) is 2.05. The van der Waals surface area contributed by atoms with Gasteiger partial charge in [-0.05, 0) is 17.7 Å². The van der Waals surface area contributed by atoms with Gasteiger partial charge in [0.05, 0.1) is 7.11 Å². The SMILES string of the molecule is COC(=O)[C@H](Cc1ccncc1)NC(C)=O. The highest BCUT2D eigenvalue weighted by Crippen LogP contribution is 2.03. The first-order valence-corrected chi connectivity index (χ1v) is 4.87. The van der Waals surface area contributed by atoms with Crippen LogP contribution in [-0.4, -0.2) is 30.0 Å². The summed E-state index contributed by atoms with van der Waals surface area (Å²) in [5.41, 5.74) is 0.916. The second kappa shape index (κ2) is 5.85. The molecule has 0 saturated carbocycles. The van der Waals surface area contributed by atoms with E-state index in [0.29, 0.717) is 6.42 Å². The Balaban J connectivity index is 2.70. The van der Waals surface area contributed by atoms with Gasteiger partial charge >= 0.3 is 5.97 Å². The maximum Gasteiger partial charge on any atom is 0.328 e. The average Bonchev–Trinajstić information content (AvgIpc) is 2.28. The topological polar surface area (TPSA) is 68.3 Å². The Morgan fingerprint density at radius 3 is 2.56 bits per heavy atom. The van der Waals surface area contributed by atoms with Crippen molar-refractivity contribution in [3.05, 3.63) is 30.1 Å². The summed E-state index contributed by atoms with van der Waals surface area (Å²) in [6, 6.07) is 2.93. The second-order valence-electron chi connectivity index (χ2n) is 3.34. The molecule has 5 heteroatoms. The molecule has 0 aliphatic heterocycles. The van der Waals surface area contributed by atoms with Gasteiger partial charge in [0, 0.05) is 25.7 Å². The van der Waals surface area contributed by atoms with Crippen molar-refractivity contribution in [2.45, 2.75) is 19.4 Å². The van der Waals surface area contributed by atoms with E-state index < -0.39 is 12.0 Å². The van der Waals surface area contributed by atoms with E-state index in [0.717, 1.165) is 5.56 Å². The van der Waals surface area contributed by atoms with E-state index in [9.17, 15) is 9.59 Å². The first kappa shape index (κ1) is 12.2. The Hall–Kier alpha value is -1.91. The van der Waals surface area contributed by atoms with Crippen molar-refractivity contribution in [2.75, 3.05) is 7.11 Å². The molecule has 0 bridgehead atoms. The number of nitrogens with one attached hydrogen (secondary N) is 1. The molecule has 16 heavy (non-hydrogen) atoms. The zero-order valence-electron chi connectivity index (χ0n) is 9.27. The molecule has 1 aromatic heterocycles. The van der Waals surface area contributed by atoms with E-state index in [1.165, 1.54) is 14.0 Å². The number of ether oxygens (including phenoxy) is 1. The molecule has 0 aliphatic carbocycles. The predicted molar refractivity (Wildman–Crippen MR) is 57.6 cm³/mol. The smallest absolute Gasteiger partial charge is 0.328 e. The Morgan fingerprint density at radius 2 is 2.06 bits per heavy atom. The second-order valence-corrected chi connectivity index (χ2v) is 3.34. The van der Waals surface area contributed by atoms with Gasteiger partial charge in [0.2, 0.25) is 5.91 Å². The van der Waals surface area contributed by atoms with Gasteiger partial charge in [-0.2, -0.15) is 0 Å². The van der Waals surface area contributed by atoms with Gasteiger partial charge in [-0.1, -0.05) is 0 Å². The van der Waals surface area contributed by atoms with Gasteiger partial charge in [-0.25, -0.2) is 4.79 Å². The van der Waals surface area contributed by atoms with Crippen molar-refractivity contribution < 1.29 is 14.3 Å². The van der Waals surface area contributed by atoms with E-state index in [-0.39, 0.29) is 5.91 Å². The molecule has 0 aromatic carbocycles. The molecule has 0 saturated heterocycles. The van der Waals surface area contributed by atoms with Crippen molar-refractivity contribution >= 4 is 11.9 Å². The van der Waals surface area contributed by atoms with Crippen LogP contribution in [0.4, 0.5) is 0 Å². The monoisotopic (exact) mass is 222 g/mol. The highest BCUT2D eigenvalue weighted by molar-refractivity contribution is 5.83. The number of nitrogens with zero attached hydrogens (tertiary/aromatic N) is 1. The summed E-state index contributed by atoms with van der Waals surface area (Å²) < 4.78 is 4.62. The van der Waals surface area contributed by atoms with Crippen LogP contribution in [0.15, 0.2) is 24.5 Å². The zero-order valence-corrected chi connectivity index (χ0v) is 9.27. The molecule has 0 radical (unpaired) electrons. The fraction of sp³-hybridized carbons (Fsp3) is 0.364. The molecule has 5 nitrogen and oxygen atoms in total. The van der Waals surface area contributed by atoms with E-state index >= 15 is 0 Å². The number of pyridine rings is 1. The molecular formula is C11H14N2O3. The molecule has 0 unspecified atom stereocenters. The third-order valence-corrected chi connectivity index (χ3v) is 2.05. The highest BCUT2D eigenvalue weighted by atomic mass is 16.5. The number of aromatic nitrogens is 1. The minimum atomic E-state index is -0.648. The first-order chi connectivity index (χ1) is 7.63. The molecule has 0 spiro atoms. The lowest BCUT2D eigenvalue weighted by molar-refractivity contribution is -0.144. The lowest BCUT2D eigenvalue weighted by Gasteiger charge is -2.15. The summed E-state index contributed by atoms with van der Waals surface area (Å²) in [7, 11) is 1.30. The van der Waals surface area contributed by atoms with Gasteiger partial charge < -0.3 is 10.1 Å². The number of amides is 1. The van der Waals surface area contributed by atoms with Crippen LogP contribution in [0.25, 0.3) is 0 Å². The number of hydrogen-bond acceptors (Lipinski definition) is 4. The number of methoxy groups -OCH3 is 1. The minimum absolute atomic E-state index is 0.260. The van der Waals surface area contributed by atoms with E-state index in [1.54, 1.807) is 24.5 Å². The van der Waals surface area contributed by atoms with Gasteiger partial charge in [-0.3, -0.25) is 9.78 Å². The quantitative estimate of drug-likeness (QED) is 0.744. The Morgan fingerprint density at radius 1 is 1.44 bits per heavy atom. The van der Waals surface area contributed by atoms with Gasteiger partial charge in [0.1, 0.15) is 6.04 Å². The van der Waals surface area contributed by atoms with Gasteiger partial charge in [0.25, 0.3) is 0 Å². The number of rotatable bonds is 4. The van der Waals surface area contributed by atoms with Gasteiger partial charge in [-0.15, -0.1) is 0 Å². The normalized spacial score (nSPS) is 11.6. The summed E-state index contributed by atoms with van der Waals surface area (Å²) in [5, 5.41) is 2.55. The van der Waals surface area contributed by atoms with Crippen LogP contribution >= 0.6 is 0 Å². The number of carbonyl (C=O) groups excluding carboxylic acids is 2. The van der Waals surface area contributed by atoms with Crippen LogP contribution in [0.5, 0.6) is 0 Å². The molecule has 86 valence electrons. The van der Waals surface area contributed by atoms with Crippen LogP contribution in [-0.2, 0) is 20.7 Å². The summed E-state index contributed by atoms with van der Waals surface area (Å²) >= 11 is 0. The first-order valence-electron chi connectivity index (χ1n) is 4.87. The maximum absolute atomic E-state index is 11.4. The molecule has 1 N–H and O–H groups in total. The Bertz CT molecular complexity index is 365. The molecule has 1 rings (SSSR count). The van der Waals surface area contributed by atoms with Crippen molar-refractivity contribution in [1.82, 2.24) is 10.3 Å². The maximum atomic E-state index is 11.4.